The highest BCUT2D eigenvalue weighted by molar-refractivity contribution is 7.13. The fraction of sp³-hybridized carbons (Fsp3) is 0.263. The Hall–Kier alpha value is -2.15. The summed E-state index contributed by atoms with van der Waals surface area (Å²) in [6, 6.07) is 6.96. The number of aryl methyl sites for hydroxylation is 1. The van der Waals surface area contributed by atoms with Crippen LogP contribution in [0, 0.1) is 6.92 Å². The number of phenolic OH excluding ortho intramolecular Hbond substituents is 1. The number of thiophene rings is 1. The third-order valence-electron chi connectivity index (χ3n) is 4.04. The molecular formula is C19H21ClN4OS. The molecule has 0 aliphatic carbocycles. The number of aromatic nitrogens is 2. The average molecular weight is 389 g/mol. The van der Waals surface area contributed by atoms with E-state index in [9.17, 15) is 5.11 Å². The zero-order valence-corrected chi connectivity index (χ0v) is 16.2. The van der Waals surface area contributed by atoms with Crippen molar-refractivity contribution in [2.24, 2.45) is 5.73 Å². The number of nitrogens with zero attached hydrogens (tertiary/aromatic N) is 2. The highest BCUT2D eigenvalue weighted by Crippen LogP contribution is 2.35. The van der Waals surface area contributed by atoms with Gasteiger partial charge >= 0.3 is 0 Å². The lowest BCUT2D eigenvalue weighted by Gasteiger charge is -2.15. The topological polar surface area (TPSA) is 84.1 Å². The molecule has 1 aromatic carbocycles. The first-order valence-corrected chi connectivity index (χ1v) is 9.64. The predicted octanol–water partition coefficient (Wildman–Crippen LogP) is 4.69. The van der Waals surface area contributed by atoms with E-state index in [0.717, 1.165) is 16.9 Å². The Labute approximate surface area is 161 Å². The van der Waals surface area contributed by atoms with Gasteiger partial charge in [0.25, 0.3) is 0 Å². The van der Waals surface area contributed by atoms with Crippen molar-refractivity contribution in [3.05, 3.63) is 46.4 Å². The largest absolute Gasteiger partial charge is 0.507 e. The van der Waals surface area contributed by atoms with Gasteiger partial charge in [-0.05, 0) is 48.6 Å². The van der Waals surface area contributed by atoms with Gasteiger partial charge in [0.2, 0.25) is 0 Å². The monoisotopic (exact) mass is 388 g/mol. The number of benzene rings is 1. The number of anilines is 1. The van der Waals surface area contributed by atoms with Gasteiger partial charge in [0.15, 0.2) is 5.82 Å². The van der Waals surface area contributed by atoms with Crippen molar-refractivity contribution >= 4 is 28.8 Å². The van der Waals surface area contributed by atoms with Crippen LogP contribution in [0.15, 0.2) is 35.8 Å². The summed E-state index contributed by atoms with van der Waals surface area (Å²) in [7, 11) is 0. The minimum Gasteiger partial charge on any atom is -0.507 e. The van der Waals surface area contributed by atoms with E-state index in [-0.39, 0.29) is 11.8 Å². The molecule has 0 saturated heterocycles. The van der Waals surface area contributed by atoms with E-state index in [2.05, 4.69) is 33.7 Å². The molecule has 4 N–H and O–H groups in total. The number of aromatic hydroxyl groups is 1. The van der Waals surface area contributed by atoms with E-state index in [1.54, 1.807) is 29.7 Å². The van der Waals surface area contributed by atoms with Crippen LogP contribution in [0.4, 0.5) is 5.82 Å². The molecule has 3 rings (SSSR count). The normalized spacial score (nSPS) is 12.2. The van der Waals surface area contributed by atoms with Crippen LogP contribution in [0.1, 0.15) is 18.9 Å². The average Bonchev–Trinajstić information content (AvgIpc) is 3.07. The molecule has 2 heterocycles. The van der Waals surface area contributed by atoms with Gasteiger partial charge in [-0.15, -0.1) is 11.3 Å². The van der Waals surface area contributed by atoms with Crippen molar-refractivity contribution in [2.75, 3.05) is 11.9 Å². The van der Waals surface area contributed by atoms with Crippen molar-refractivity contribution in [3.63, 3.8) is 0 Å². The van der Waals surface area contributed by atoms with E-state index in [4.69, 9.17) is 17.3 Å². The van der Waals surface area contributed by atoms with E-state index in [0.29, 0.717) is 28.8 Å². The lowest BCUT2D eigenvalue weighted by molar-refractivity contribution is 0.477. The summed E-state index contributed by atoms with van der Waals surface area (Å²) in [6.45, 7) is 4.70. The van der Waals surface area contributed by atoms with Gasteiger partial charge in [0.1, 0.15) is 11.6 Å². The molecule has 1 atom stereocenters. The Bertz CT molecular complexity index is 912. The number of phenols is 1. The summed E-state index contributed by atoms with van der Waals surface area (Å²) in [5, 5.41) is 16.1. The number of hydrogen-bond donors (Lipinski definition) is 3. The summed E-state index contributed by atoms with van der Waals surface area (Å²) in [4.78, 5) is 10.2. The van der Waals surface area contributed by atoms with Crippen LogP contribution in [0.5, 0.6) is 5.75 Å². The Balaban J connectivity index is 2.04. The summed E-state index contributed by atoms with van der Waals surface area (Å²) in [5.74, 6) is 1.19. The maximum Gasteiger partial charge on any atom is 0.165 e. The SMILES string of the molecule is CCC(N)CNc1nc(-c2cc(Cl)ccc2O)ncc1-c1cc(C)cs1. The molecule has 5 nitrogen and oxygen atoms in total. The molecule has 0 saturated carbocycles. The van der Waals surface area contributed by atoms with Gasteiger partial charge in [-0.2, -0.15) is 0 Å². The molecule has 136 valence electrons. The second kappa shape index (κ2) is 8.03. The number of nitrogens with one attached hydrogen (secondary N) is 1. The first-order valence-electron chi connectivity index (χ1n) is 8.38. The zero-order chi connectivity index (χ0) is 18.7. The van der Waals surface area contributed by atoms with Crippen LogP contribution in [-0.2, 0) is 0 Å². The van der Waals surface area contributed by atoms with Crippen LogP contribution in [0.2, 0.25) is 5.02 Å². The molecule has 3 aromatic rings. The van der Waals surface area contributed by atoms with Crippen molar-refractivity contribution in [2.45, 2.75) is 26.3 Å². The van der Waals surface area contributed by atoms with E-state index < -0.39 is 0 Å². The fourth-order valence-electron chi connectivity index (χ4n) is 2.46. The third kappa shape index (κ3) is 4.15. The maximum atomic E-state index is 10.1. The van der Waals surface area contributed by atoms with Crippen LogP contribution in [-0.4, -0.2) is 27.7 Å². The van der Waals surface area contributed by atoms with Gasteiger partial charge in [-0.25, -0.2) is 9.97 Å². The molecule has 7 heteroatoms. The molecule has 1 unspecified atom stereocenters. The summed E-state index contributed by atoms with van der Waals surface area (Å²) >= 11 is 7.70. The second-order valence-corrected chi connectivity index (χ2v) is 7.50. The van der Waals surface area contributed by atoms with Gasteiger partial charge in [0.05, 0.1) is 11.1 Å². The van der Waals surface area contributed by atoms with Crippen molar-refractivity contribution < 1.29 is 5.11 Å². The predicted molar refractivity (Wildman–Crippen MR) is 109 cm³/mol. The van der Waals surface area contributed by atoms with E-state index in [1.807, 2.05) is 6.92 Å². The molecule has 0 radical (unpaired) electrons. The first-order chi connectivity index (χ1) is 12.5. The molecule has 0 bridgehead atoms. The Morgan fingerprint density at radius 3 is 2.81 bits per heavy atom. The van der Waals surface area contributed by atoms with Gasteiger partial charge in [-0.3, -0.25) is 0 Å². The number of halogens is 1. The van der Waals surface area contributed by atoms with Crippen LogP contribution >= 0.6 is 22.9 Å². The third-order valence-corrected chi connectivity index (χ3v) is 5.36. The Kier molecular flexibility index (Phi) is 5.76. The number of nitrogens with two attached hydrogens (primary N) is 1. The molecule has 0 aliphatic heterocycles. The molecule has 26 heavy (non-hydrogen) atoms. The molecule has 2 aromatic heterocycles. The second-order valence-electron chi connectivity index (χ2n) is 6.15. The quantitative estimate of drug-likeness (QED) is 0.570. The number of rotatable bonds is 6. The molecular weight excluding hydrogens is 368 g/mol. The van der Waals surface area contributed by atoms with Crippen molar-refractivity contribution in [1.82, 2.24) is 9.97 Å². The van der Waals surface area contributed by atoms with E-state index >= 15 is 0 Å². The van der Waals surface area contributed by atoms with E-state index in [1.165, 1.54) is 11.6 Å². The first kappa shape index (κ1) is 18.6. The van der Waals surface area contributed by atoms with Gasteiger partial charge in [-0.1, -0.05) is 18.5 Å². The standard InChI is InChI=1S/C19H21ClN4OS/c1-3-13(21)8-22-19-15(17-6-11(2)10-26-17)9-23-18(24-19)14-7-12(20)4-5-16(14)25/h4-7,9-10,13,25H,3,8,21H2,1-2H3,(H,22,23,24). The summed E-state index contributed by atoms with van der Waals surface area (Å²) in [6.07, 6.45) is 2.64. The minimum atomic E-state index is 0.0332. The minimum absolute atomic E-state index is 0.0332. The summed E-state index contributed by atoms with van der Waals surface area (Å²) in [5.41, 5.74) is 8.65. The lowest BCUT2D eigenvalue weighted by atomic mass is 10.1. The number of hydrogen-bond acceptors (Lipinski definition) is 6. The fourth-order valence-corrected chi connectivity index (χ4v) is 3.54. The lowest BCUT2D eigenvalue weighted by Crippen LogP contribution is -2.28. The molecule has 0 spiro atoms. The molecule has 0 fully saturated rings. The maximum absolute atomic E-state index is 10.1. The highest BCUT2D eigenvalue weighted by atomic mass is 35.5. The molecule has 0 amide bonds. The van der Waals surface area contributed by atoms with Crippen LogP contribution < -0.4 is 11.1 Å². The van der Waals surface area contributed by atoms with Gasteiger partial charge < -0.3 is 16.2 Å². The molecule has 0 aliphatic rings. The zero-order valence-electron chi connectivity index (χ0n) is 14.7. The smallest absolute Gasteiger partial charge is 0.165 e. The Morgan fingerprint density at radius 1 is 1.31 bits per heavy atom. The van der Waals surface area contributed by atoms with Crippen molar-refractivity contribution in [3.8, 4) is 27.6 Å². The summed E-state index contributed by atoms with van der Waals surface area (Å²) < 4.78 is 0. The Morgan fingerprint density at radius 2 is 2.12 bits per heavy atom. The van der Waals surface area contributed by atoms with Crippen LogP contribution in [0.25, 0.3) is 21.8 Å². The van der Waals surface area contributed by atoms with Crippen LogP contribution in [0.3, 0.4) is 0 Å². The highest BCUT2D eigenvalue weighted by Gasteiger charge is 2.15. The van der Waals surface area contributed by atoms with Crippen molar-refractivity contribution in [1.29, 1.82) is 0 Å². The van der Waals surface area contributed by atoms with Gasteiger partial charge in [0, 0.05) is 28.7 Å².